The number of nitrogens with one attached hydrogen (secondary N) is 1. The molecule has 24 heavy (non-hydrogen) atoms. The third-order valence-electron chi connectivity index (χ3n) is 4.31. The average Bonchev–Trinajstić information content (AvgIpc) is 3.26. The number of rotatable bonds is 2. The lowest BCUT2D eigenvalue weighted by Crippen LogP contribution is -2.36. The molecule has 5 rings (SSSR count). The fraction of sp³-hybridized carbons (Fsp3) is 0.250. The molecule has 0 aliphatic carbocycles. The highest BCUT2D eigenvalue weighted by Gasteiger charge is 2.21. The van der Waals surface area contributed by atoms with Crippen molar-refractivity contribution in [1.82, 2.24) is 29.5 Å². The minimum absolute atomic E-state index is 0.711. The van der Waals surface area contributed by atoms with Crippen molar-refractivity contribution in [2.45, 2.75) is 0 Å². The summed E-state index contributed by atoms with van der Waals surface area (Å²) in [7, 11) is 0. The third kappa shape index (κ3) is 1.96. The van der Waals surface area contributed by atoms with Crippen molar-refractivity contribution >= 4 is 22.5 Å². The molecule has 1 fully saturated rings. The molecule has 0 saturated carbocycles. The zero-order valence-electron chi connectivity index (χ0n) is 12.9. The Morgan fingerprint density at radius 2 is 2.04 bits per heavy atom. The highest BCUT2D eigenvalue weighted by atomic mass is 16.5. The molecule has 0 amide bonds. The van der Waals surface area contributed by atoms with Gasteiger partial charge in [0.25, 0.3) is 0 Å². The van der Waals surface area contributed by atoms with Gasteiger partial charge in [-0.3, -0.25) is 0 Å². The molecular formula is C16H15N7O. The number of fused-ring (bicyclic) bond motifs is 2. The first kappa shape index (κ1) is 13.4. The first-order valence-corrected chi connectivity index (χ1v) is 7.86. The lowest BCUT2D eigenvalue weighted by atomic mass is 10.1. The number of aromatic amines is 1. The molecule has 4 aromatic heterocycles. The number of imidazole rings is 1. The first-order chi connectivity index (χ1) is 11.9. The van der Waals surface area contributed by atoms with Crippen molar-refractivity contribution in [2.75, 3.05) is 31.2 Å². The second-order valence-electron chi connectivity index (χ2n) is 5.66. The van der Waals surface area contributed by atoms with Crippen LogP contribution >= 0.6 is 0 Å². The van der Waals surface area contributed by atoms with E-state index < -0.39 is 0 Å². The summed E-state index contributed by atoms with van der Waals surface area (Å²) in [6.07, 6.45) is 7.13. The molecule has 1 saturated heterocycles. The highest BCUT2D eigenvalue weighted by molar-refractivity contribution is 6.00. The molecule has 8 nitrogen and oxygen atoms in total. The molecule has 0 aromatic carbocycles. The van der Waals surface area contributed by atoms with Gasteiger partial charge in [0.15, 0.2) is 5.65 Å². The van der Waals surface area contributed by atoms with Gasteiger partial charge < -0.3 is 14.6 Å². The molecule has 0 radical (unpaired) electrons. The minimum atomic E-state index is 0.711. The molecule has 120 valence electrons. The van der Waals surface area contributed by atoms with Crippen molar-refractivity contribution in [3.63, 3.8) is 0 Å². The van der Waals surface area contributed by atoms with Crippen LogP contribution in [0.2, 0.25) is 0 Å². The van der Waals surface area contributed by atoms with Crippen molar-refractivity contribution in [2.24, 2.45) is 0 Å². The number of nitrogens with zero attached hydrogens (tertiary/aromatic N) is 6. The van der Waals surface area contributed by atoms with E-state index >= 15 is 0 Å². The van der Waals surface area contributed by atoms with Crippen LogP contribution in [0.25, 0.3) is 27.9 Å². The van der Waals surface area contributed by atoms with Crippen LogP contribution in [-0.4, -0.2) is 55.9 Å². The number of aromatic nitrogens is 6. The van der Waals surface area contributed by atoms with Crippen molar-refractivity contribution in [3.05, 3.63) is 37.1 Å². The van der Waals surface area contributed by atoms with E-state index in [0.29, 0.717) is 13.2 Å². The lowest BCUT2D eigenvalue weighted by Gasteiger charge is -2.28. The van der Waals surface area contributed by atoms with Gasteiger partial charge in [0.2, 0.25) is 0 Å². The smallest absolute Gasteiger partial charge is 0.154 e. The monoisotopic (exact) mass is 321 g/mol. The number of hydrogen-bond donors (Lipinski definition) is 1. The summed E-state index contributed by atoms with van der Waals surface area (Å²) in [5, 5.41) is 5.40. The fourth-order valence-electron chi connectivity index (χ4n) is 3.18. The fourth-order valence-corrected chi connectivity index (χ4v) is 3.18. The van der Waals surface area contributed by atoms with Crippen molar-refractivity contribution in [3.8, 4) is 11.3 Å². The maximum atomic E-state index is 5.46. The van der Waals surface area contributed by atoms with Gasteiger partial charge in [0.05, 0.1) is 30.5 Å². The average molecular weight is 321 g/mol. The zero-order chi connectivity index (χ0) is 15.9. The molecule has 0 bridgehead atoms. The topological polar surface area (TPSA) is 84.2 Å². The normalized spacial score (nSPS) is 15.4. The molecule has 1 aliphatic rings. The van der Waals surface area contributed by atoms with Crippen LogP contribution in [0.3, 0.4) is 0 Å². The summed E-state index contributed by atoms with van der Waals surface area (Å²) < 4.78 is 7.29. The number of anilines is 1. The predicted molar refractivity (Wildman–Crippen MR) is 88.9 cm³/mol. The molecule has 5 heterocycles. The second kappa shape index (κ2) is 5.27. The van der Waals surface area contributed by atoms with Gasteiger partial charge in [-0.1, -0.05) is 0 Å². The molecule has 1 N–H and O–H groups in total. The maximum Gasteiger partial charge on any atom is 0.154 e. The Hall–Kier alpha value is -3.00. The lowest BCUT2D eigenvalue weighted by molar-refractivity contribution is 0.122. The standard InChI is InChI=1S/C16H15N7O/c1-2-13-17-9-12(23(13)21-3-1)11-8-18-15-14(11)16(20-10-19-15)22-4-6-24-7-5-22/h1-3,8-10H,4-7H2,(H,18,19,20). The number of morpholine rings is 1. The molecule has 4 aromatic rings. The van der Waals surface area contributed by atoms with Crippen LogP contribution in [0.5, 0.6) is 0 Å². The quantitative estimate of drug-likeness (QED) is 0.602. The number of hydrogen-bond acceptors (Lipinski definition) is 6. The van der Waals surface area contributed by atoms with Crippen LogP contribution in [0, 0.1) is 0 Å². The molecule has 8 heteroatoms. The van der Waals surface area contributed by atoms with Gasteiger partial charge in [-0.15, -0.1) is 0 Å². The van der Waals surface area contributed by atoms with E-state index in [1.54, 1.807) is 12.5 Å². The third-order valence-corrected chi connectivity index (χ3v) is 4.31. The van der Waals surface area contributed by atoms with E-state index in [4.69, 9.17) is 4.74 Å². The van der Waals surface area contributed by atoms with E-state index in [-0.39, 0.29) is 0 Å². The number of ether oxygens (including phenoxy) is 1. The van der Waals surface area contributed by atoms with E-state index in [0.717, 1.165) is 46.8 Å². The summed E-state index contributed by atoms with van der Waals surface area (Å²) in [5.74, 6) is 0.922. The maximum absolute atomic E-state index is 5.46. The van der Waals surface area contributed by atoms with Crippen LogP contribution < -0.4 is 4.90 Å². The van der Waals surface area contributed by atoms with E-state index in [1.807, 2.05) is 29.0 Å². The van der Waals surface area contributed by atoms with Gasteiger partial charge in [-0.05, 0) is 12.1 Å². The Balaban J connectivity index is 1.74. The van der Waals surface area contributed by atoms with Gasteiger partial charge in [-0.25, -0.2) is 19.5 Å². The summed E-state index contributed by atoms with van der Waals surface area (Å²) in [5.41, 5.74) is 3.54. The van der Waals surface area contributed by atoms with Crippen LogP contribution in [0.1, 0.15) is 0 Å². The van der Waals surface area contributed by atoms with Crippen LogP contribution in [0.15, 0.2) is 37.1 Å². The summed E-state index contributed by atoms with van der Waals surface area (Å²) in [6.45, 7) is 3.06. The predicted octanol–water partition coefficient (Wildman–Crippen LogP) is 1.50. The summed E-state index contributed by atoms with van der Waals surface area (Å²) >= 11 is 0. The van der Waals surface area contributed by atoms with E-state index in [9.17, 15) is 0 Å². The van der Waals surface area contributed by atoms with Crippen LogP contribution in [0.4, 0.5) is 5.82 Å². The van der Waals surface area contributed by atoms with Gasteiger partial charge in [-0.2, -0.15) is 5.10 Å². The van der Waals surface area contributed by atoms with Gasteiger partial charge in [0.1, 0.15) is 17.8 Å². The molecule has 1 aliphatic heterocycles. The van der Waals surface area contributed by atoms with Crippen molar-refractivity contribution < 1.29 is 4.74 Å². The summed E-state index contributed by atoms with van der Waals surface area (Å²) in [4.78, 5) is 18.8. The zero-order valence-corrected chi connectivity index (χ0v) is 12.9. The number of H-pyrrole nitrogens is 1. The molecular weight excluding hydrogens is 306 g/mol. The Morgan fingerprint density at radius 1 is 1.12 bits per heavy atom. The van der Waals surface area contributed by atoms with Crippen LogP contribution in [-0.2, 0) is 4.74 Å². The minimum Gasteiger partial charge on any atom is -0.378 e. The Kier molecular flexibility index (Phi) is 2.95. The van der Waals surface area contributed by atoms with E-state index in [1.165, 1.54) is 0 Å². The van der Waals surface area contributed by atoms with Gasteiger partial charge >= 0.3 is 0 Å². The Labute approximate surface area is 137 Å². The SMILES string of the molecule is c1cnn2c(-c3c[nH]c4ncnc(N5CCOCC5)c34)cnc2c1. The largest absolute Gasteiger partial charge is 0.378 e. The Bertz CT molecular complexity index is 1020. The molecule has 0 unspecified atom stereocenters. The molecule has 0 spiro atoms. The van der Waals surface area contributed by atoms with E-state index in [2.05, 4.69) is 29.9 Å². The van der Waals surface area contributed by atoms with Crippen molar-refractivity contribution in [1.29, 1.82) is 0 Å². The summed E-state index contributed by atoms with van der Waals surface area (Å²) in [6, 6.07) is 3.81. The Morgan fingerprint density at radius 3 is 2.96 bits per heavy atom. The first-order valence-electron chi connectivity index (χ1n) is 7.86. The molecule has 0 atom stereocenters. The van der Waals surface area contributed by atoms with Gasteiger partial charge in [0, 0.05) is 31.0 Å². The second-order valence-corrected chi connectivity index (χ2v) is 5.66. The highest BCUT2D eigenvalue weighted by Crippen LogP contribution is 2.33.